The van der Waals surface area contributed by atoms with Crippen LogP contribution in [-0.4, -0.2) is 19.5 Å². The van der Waals surface area contributed by atoms with E-state index in [0.29, 0.717) is 17.5 Å². The van der Waals surface area contributed by atoms with Crippen LogP contribution in [-0.2, 0) is 5.41 Å². The predicted molar refractivity (Wildman–Crippen MR) is 300 cm³/mol. The quantitative estimate of drug-likeness (QED) is 0.145. The summed E-state index contributed by atoms with van der Waals surface area (Å²) < 4.78 is 2.45. The Hall–Kier alpha value is -9.51. The Bertz CT molecular complexity index is 4030. The van der Waals surface area contributed by atoms with E-state index in [0.717, 1.165) is 33.5 Å². The third-order valence-electron chi connectivity index (χ3n) is 15.1. The van der Waals surface area contributed by atoms with E-state index in [-0.39, 0.29) is 5.92 Å². The first kappa shape index (κ1) is 42.4. The summed E-state index contributed by atoms with van der Waals surface area (Å²) in [5.41, 5.74) is 18.8. The van der Waals surface area contributed by atoms with Gasteiger partial charge in [0.25, 0.3) is 0 Å². The van der Waals surface area contributed by atoms with Crippen molar-refractivity contribution in [2.45, 2.75) is 11.3 Å². The van der Waals surface area contributed by atoms with Gasteiger partial charge in [-0.05, 0) is 91.5 Å². The normalized spacial score (nSPS) is 15.8. The molecule has 0 amide bonds. The van der Waals surface area contributed by atoms with E-state index in [1.807, 2.05) is 36.4 Å². The van der Waals surface area contributed by atoms with Crippen molar-refractivity contribution in [2.75, 3.05) is 0 Å². The van der Waals surface area contributed by atoms with Crippen LogP contribution >= 0.6 is 0 Å². The highest BCUT2D eigenvalue weighted by molar-refractivity contribution is 6.15. The highest BCUT2D eigenvalue weighted by atomic mass is 15.0. The van der Waals surface area contributed by atoms with Crippen LogP contribution in [0.4, 0.5) is 0 Å². The smallest absolute Gasteiger partial charge is 0.164 e. The molecule has 2 heterocycles. The van der Waals surface area contributed by atoms with Gasteiger partial charge in [-0.15, -0.1) is 0 Å². The van der Waals surface area contributed by atoms with E-state index in [1.54, 1.807) is 0 Å². The second kappa shape index (κ2) is 17.4. The van der Waals surface area contributed by atoms with Crippen molar-refractivity contribution < 1.29 is 0 Å². The van der Waals surface area contributed by atoms with E-state index >= 15 is 0 Å². The topological polar surface area (TPSA) is 43.6 Å². The molecule has 2 unspecified atom stereocenters. The van der Waals surface area contributed by atoms with E-state index < -0.39 is 5.41 Å². The molecule has 0 saturated heterocycles. The Labute approximate surface area is 424 Å². The van der Waals surface area contributed by atoms with Gasteiger partial charge in [0.1, 0.15) is 0 Å². The van der Waals surface area contributed by atoms with Crippen LogP contribution in [0, 0.1) is 0 Å². The van der Waals surface area contributed by atoms with Crippen molar-refractivity contribution in [1.29, 1.82) is 0 Å². The minimum atomic E-state index is -0.795. The van der Waals surface area contributed by atoms with Crippen molar-refractivity contribution in [2.24, 2.45) is 0 Å². The average molecular weight is 931 g/mol. The molecular weight excluding hydrogens is 885 g/mol. The van der Waals surface area contributed by atoms with Gasteiger partial charge in [0.2, 0.25) is 0 Å². The van der Waals surface area contributed by atoms with Crippen molar-refractivity contribution in [3.05, 3.63) is 301 Å². The van der Waals surface area contributed by atoms with Crippen LogP contribution in [0.25, 0.3) is 94.8 Å². The van der Waals surface area contributed by atoms with Crippen LogP contribution in [0.2, 0.25) is 0 Å². The van der Waals surface area contributed by atoms with Gasteiger partial charge in [-0.2, -0.15) is 0 Å². The van der Waals surface area contributed by atoms with Crippen molar-refractivity contribution in [3.8, 4) is 61.8 Å². The highest BCUT2D eigenvalue weighted by Crippen LogP contribution is 2.64. The highest BCUT2D eigenvalue weighted by Gasteiger charge is 2.51. The molecule has 14 rings (SSSR count). The van der Waals surface area contributed by atoms with Crippen LogP contribution in [0.3, 0.4) is 0 Å². The van der Waals surface area contributed by atoms with Crippen molar-refractivity contribution in [3.63, 3.8) is 0 Å². The number of fused-ring (bicyclic) bond motifs is 7. The fraction of sp³-hybridized carbons (Fsp3) is 0.0290. The summed E-state index contributed by atoms with van der Waals surface area (Å²) in [5.74, 6) is 1.69. The molecule has 0 aliphatic heterocycles. The number of hydrogen-bond acceptors (Lipinski definition) is 3. The molecule has 2 aliphatic rings. The maximum absolute atomic E-state index is 5.41. The van der Waals surface area contributed by atoms with E-state index in [1.165, 1.54) is 71.9 Å². The third-order valence-corrected chi connectivity index (χ3v) is 15.1. The lowest BCUT2D eigenvalue weighted by Crippen LogP contribution is -2.32. The van der Waals surface area contributed by atoms with E-state index in [4.69, 9.17) is 15.0 Å². The van der Waals surface area contributed by atoms with Gasteiger partial charge < -0.3 is 4.57 Å². The second-order valence-corrected chi connectivity index (χ2v) is 19.1. The summed E-state index contributed by atoms with van der Waals surface area (Å²) >= 11 is 0. The number of nitrogens with zero attached hydrogens (tertiary/aromatic N) is 4. The van der Waals surface area contributed by atoms with Crippen LogP contribution in [0.15, 0.2) is 273 Å². The molecule has 2 aromatic heterocycles. The molecule has 12 aromatic rings. The Morgan fingerprint density at radius 2 is 0.836 bits per heavy atom. The molecule has 2 atom stereocenters. The fourth-order valence-corrected chi connectivity index (χ4v) is 11.8. The lowest BCUT2D eigenvalue weighted by atomic mass is 9.61. The molecule has 0 fully saturated rings. The lowest BCUT2D eigenvalue weighted by Gasteiger charge is -2.39. The zero-order valence-electron chi connectivity index (χ0n) is 39.8. The Kier molecular flexibility index (Phi) is 10.1. The van der Waals surface area contributed by atoms with Gasteiger partial charge in [-0.3, -0.25) is 0 Å². The minimum absolute atomic E-state index is 0.193. The Morgan fingerprint density at radius 3 is 1.45 bits per heavy atom. The van der Waals surface area contributed by atoms with Gasteiger partial charge in [-0.25, -0.2) is 15.0 Å². The monoisotopic (exact) mass is 930 g/mol. The molecular formula is C69H46N4. The number of aromatic nitrogens is 4. The van der Waals surface area contributed by atoms with Gasteiger partial charge in [-0.1, -0.05) is 243 Å². The fourth-order valence-electron chi connectivity index (χ4n) is 11.8. The number of hydrogen-bond donors (Lipinski definition) is 0. The third kappa shape index (κ3) is 7.02. The number of allylic oxidation sites excluding steroid dienone is 4. The zero-order chi connectivity index (χ0) is 48.3. The number of para-hydroxylation sites is 2. The van der Waals surface area contributed by atoms with Gasteiger partial charge in [0.15, 0.2) is 17.5 Å². The van der Waals surface area contributed by atoms with Gasteiger partial charge in [0.05, 0.1) is 16.4 Å². The molecule has 0 N–H and O–H groups in total. The second-order valence-electron chi connectivity index (χ2n) is 19.1. The van der Waals surface area contributed by atoms with Crippen molar-refractivity contribution in [1.82, 2.24) is 19.5 Å². The first-order chi connectivity index (χ1) is 36.2. The molecule has 73 heavy (non-hydrogen) atoms. The summed E-state index contributed by atoms with van der Waals surface area (Å²) in [7, 11) is 0. The summed E-state index contributed by atoms with van der Waals surface area (Å²) in [6.45, 7) is 0. The summed E-state index contributed by atoms with van der Waals surface area (Å²) in [6.07, 6.45) is 4.89. The van der Waals surface area contributed by atoms with Gasteiger partial charge >= 0.3 is 0 Å². The van der Waals surface area contributed by atoms with Crippen LogP contribution < -0.4 is 0 Å². The first-order valence-electron chi connectivity index (χ1n) is 25.0. The minimum Gasteiger partial charge on any atom is -0.309 e. The summed E-state index contributed by atoms with van der Waals surface area (Å²) in [6, 6.07) is 94.0. The molecule has 342 valence electrons. The molecule has 0 saturated carbocycles. The molecule has 0 bridgehead atoms. The molecule has 4 heteroatoms. The summed E-state index contributed by atoms with van der Waals surface area (Å²) in [4.78, 5) is 16.0. The molecule has 0 radical (unpaired) electrons. The van der Waals surface area contributed by atoms with E-state index in [2.05, 4.69) is 241 Å². The SMILES string of the molecule is C1=C(c2nc(-c3ccccc3)nc(-c3ccccc3)n2)C=C(c2ccc(-c3ccccc3)cc2)C1(c1ccc(-c2ccccc2)cc1)C1c2ccccc2-c2ccc3c(c21)c1ccccc1n3-c1ccccc1. The Morgan fingerprint density at radius 1 is 0.356 bits per heavy atom. The zero-order valence-corrected chi connectivity index (χ0v) is 39.8. The largest absolute Gasteiger partial charge is 0.309 e. The lowest BCUT2D eigenvalue weighted by molar-refractivity contribution is 0.615. The standard InChI is InChI=1S/C69H46N4/c1-6-20-46(21-7-1)48-34-36-50(37-35-48)60-44-53(68-71-66(51-24-10-3-11-25-51)70-67(72-68)52-26-12-4-13-27-52)45-69(60,54-40-38-49(39-41-54)47-22-8-2-9-23-47)65-58-31-17-16-30-56(58)57-42-43-62-63(64(57)65)59-32-18-19-33-61(59)73(62)55-28-14-5-15-29-55/h1-45,65H. The maximum atomic E-state index is 5.41. The Balaban J connectivity index is 1.10. The average Bonchev–Trinajstić information content (AvgIpc) is 4.15. The molecule has 4 nitrogen and oxygen atoms in total. The maximum Gasteiger partial charge on any atom is 0.164 e. The van der Waals surface area contributed by atoms with E-state index in [9.17, 15) is 0 Å². The number of rotatable bonds is 9. The first-order valence-corrected chi connectivity index (χ1v) is 25.0. The van der Waals surface area contributed by atoms with Crippen molar-refractivity contribution >= 4 is 33.0 Å². The van der Waals surface area contributed by atoms with Gasteiger partial charge in [0, 0.05) is 39.1 Å². The van der Waals surface area contributed by atoms with Crippen LogP contribution in [0.1, 0.15) is 34.0 Å². The number of benzene rings is 10. The predicted octanol–water partition coefficient (Wildman–Crippen LogP) is 16.9. The van der Waals surface area contributed by atoms with Crippen LogP contribution in [0.5, 0.6) is 0 Å². The molecule has 10 aromatic carbocycles. The molecule has 2 aliphatic carbocycles. The summed E-state index contributed by atoms with van der Waals surface area (Å²) in [5, 5.41) is 2.49. The molecule has 0 spiro atoms.